The number of nitrogens with zero attached hydrogens (tertiary/aromatic N) is 4. The number of aryl methyl sites for hydroxylation is 1. The first-order chi connectivity index (χ1) is 12.1. The monoisotopic (exact) mass is 364 g/mol. The Morgan fingerprint density at radius 3 is 3.00 bits per heavy atom. The number of aromatic nitrogens is 4. The number of rotatable bonds is 6. The molecule has 11 heteroatoms. The van der Waals surface area contributed by atoms with E-state index in [0.717, 1.165) is 0 Å². The third kappa shape index (κ3) is 3.65. The molecule has 0 spiro atoms. The highest BCUT2D eigenvalue weighted by Crippen LogP contribution is 2.30. The summed E-state index contributed by atoms with van der Waals surface area (Å²) in [4.78, 5) is 24.5. The Hall–Kier alpha value is -2.82. The number of carbonyl (C=O) groups excluding carboxylic acids is 2. The topological polar surface area (TPSA) is 124 Å². The lowest BCUT2D eigenvalue weighted by Gasteiger charge is -2.27. The van der Waals surface area contributed by atoms with Gasteiger partial charge in [-0.2, -0.15) is 0 Å². The van der Waals surface area contributed by atoms with Crippen molar-refractivity contribution < 1.29 is 18.7 Å². The van der Waals surface area contributed by atoms with E-state index in [9.17, 15) is 9.59 Å². The summed E-state index contributed by atoms with van der Waals surface area (Å²) < 4.78 is 12.0. The van der Waals surface area contributed by atoms with Gasteiger partial charge in [0.1, 0.15) is 11.8 Å². The molecule has 0 saturated heterocycles. The van der Waals surface area contributed by atoms with Crippen molar-refractivity contribution in [2.24, 2.45) is 7.05 Å². The highest BCUT2D eigenvalue weighted by molar-refractivity contribution is 7.99. The van der Waals surface area contributed by atoms with E-state index < -0.39 is 18.0 Å². The molecule has 2 N–H and O–H groups in total. The zero-order valence-corrected chi connectivity index (χ0v) is 14.4. The van der Waals surface area contributed by atoms with E-state index in [4.69, 9.17) is 9.15 Å². The minimum atomic E-state index is -0.726. The molecule has 2 aromatic heterocycles. The molecule has 0 fully saturated rings. The molecule has 1 unspecified atom stereocenters. The van der Waals surface area contributed by atoms with Crippen molar-refractivity contribution in [3.8, 4) is 0 Å². The van der Waals surface area contributed by atoms with E-state index in [2.05, 4.69) is 26.2 Å². The van der Waals surface area contributed by atoms with E-state index in [1.54, 1.807) is 26.1 Å². The van der Waals surface area contributed by atoms with Crippen LogP contribution in [0, 0.1) is 0 Å². The number of ether oxygens (including phenoxy) is 1. The lowest BCUT2D eigenvalue weighted by atomic mass is 10.0. The van der Waals surface area contributed by atoms with Crippen molar-refractivity contribution in [3.63, 3.8) is 0 Å². The summed E-state index contributed by atoms with van der Waals surface area (Å²) in [5.41, 5.74) is 0.718. The van der Waals surface area contributed by atoms with Gasteiger partial charge in [-0.3, -0.25) is 0 Å². The Morgan fingerprint density at radius 2 is 2.36 bits per heavy atom. The van der Waals surface area contributed by atoms with Crippen LogP contribution >= 0.6 is 11.8 Å². The second kappa shape index (κ2) is 7.38. The fourth-order valence-electron chi connectivity index (χ4n) is 2.33. The smallest absolute Gasteiger partial charge is 0.338 e. The summed E-state index contributed by atoms with van der Waals surface area (Å²) in [6, 6.07) is 2.22. The SMILES string of the molecule is CCOC(=O)C1=C(CSc2nnnn2C)NC(=O)NC1c1ccco1. The molecule has 2 amide bonds. The maximum atomic E-state index is 12.5. The minimum Gasteiger partial charge on any atom is -0.467 e. The van der Waals surface area contributed by atoms with Crippen LogP contribution in [0.3, 0.4) is 0 Å². The van der Waals surface area contributed by atoms with E-state index in [-0.39, 0.29) is 12.4 Å². The van der Waals surface area contributed by atoms with Gasteiger partial charge < -0.3 is 19.8 Å². The first-order valence-electron chi connectivity index (χ1n) is 7.46. The van der Waals surface area contributed by atoms with Gasteiger partial charge in [0.05, 0.1) is 18.4 Å². The van der Waals surface area contributed by atoms with Crippen LogP contribution in [0.4, 0.5) is 4.79 Å². The predicted molar refractivity (Wildman–Crippen MR) is 86.3 cm³/mol. The predicted octanol–water partition coefficient (Wildman–Crippen LogP) is 0.766. The lowest BCUT2D eigenvalue weighted by Crippen LogP contribution is -2.46. The van der Waals surface area contributed by atoms with E-state index in [1.807, 2.05) is 0 Å². The van der Waals surface area contributed by atoms with Gasteiger partial charge in [-0.15, -0.1) is 5.10 Å². The van der Waals surface area contributed by atoms with Crippen molar-refractivity contribution in [1.82, 2.24) is 30.8 Å². The van der Waals surface area contributed by atoms with Gasteiger partial charge in [0.15, 0.2) is 0 Å². The largest absolute Gasteiger partial charge is 0.467 e. The second-order valence-electron chi connectivity index (χ2n) is 5.03. The molecule has 3 heterocycles. The summed E-state index contributed by atoms with van der Waals surface area (Å²) in [7, 11) is 1.70. The molecular formula is C14H16N6O4S. The third-order valence-electron chi connectivity index (χ3n) is 3.40. The average Bonchev–Trinajstić information content (AvgIpc) is 3.24. The summed E-state index contributed by atoms with van der Waals surface area (Å²) in [6.45, 7) is 1.93. The number of furan rings is 1. The summed E-state index contributed by atoms with van der Waals surface area (Å²) in [5.74, 6) is 0.205. The van der Waals surface area contributed by atoms with E-state index >= 15 is 0 Å². The Kier molecular flexibility index (Phi) is 5.03. The van der Waals surface area contributed by atoms with Crippen LogP contribution in [0.2, 0.25) is 0 Å². The van der Waals surface area contributed by atoms with Crippen molar-refractivity contribution in [2.45, 2.75) is 18.1 Å². The van der Waals surface area contributed by atoms with Crippen LogP contribution in [0.15, 0.2) is 39.2 Å². The molecule has 0 saturated carbocycles. The standard InChI is InChI=1S/C14H16N6O4S/c1-3-23-12(21)10-8(7-25-14-17-18-19-20(14)2)15-13(22)16-11(10)9-5-4-6-24-9/h4-6,11H,3,7H2,1-2H3,(H2,15,16,22). The molecule has 2 aromatic rings. The van der Waals surface area contributed by atoms with Gasteiger partial charge in [0, 0.05) is 18.5 Å². The molecule has 1 aliphatic heterocycles. The number of nitrogens with one attached hydrogen (secondary N) is 2. The fraction of sp³-hybridized carbons (Fsp3) is 0.357. The zero-order chi connectivity index (χ0) is 17.8. The number of carbonyl (C=O) groups is 2. The normalized spacial score (nSPS) is 17.2. The first-order valence-corrected chi connectivity index (χ1v) is 8.45. The van der Waals surface area contributed by atoms with Crippen LogP contribution in [0.5, 0.6) is 0 Å². The Balaban J connectivity index is 1.94. The van der Waals surface area contributed by atoms with E-state index in [1.165, 1.54) is 22.7 Å². The molecule has 132 valence electrons. The number of thioether (sulfide) groups is 1. The highest BCUT2D eigenvalue weighted by Gasteiger charge is 2.35. The van der Waals surface area contributed by atoms with Crippen molar-refractivity contribution in [2.75, 3.05) is 12.4 Å². The van der Waals surface area contributed by atoms with Crippen LogP contribution in [-0.4, -0.2) is 44.6 Å². The maximum Gasteiger partial charge on any atom is 0.338 e. The van der Waals surface area contributed by atoms with Gasteiger partial charge in [0.25, 0.3) is 0 Å². The van der Waals surface area contributed by atoms with Crippen molar-refractivity contribution >= 4 is 23.8 Å². The summed E-state index contributed by atoms with van der Waals surface area (Å²) in [5, 5.41) is 17.1. The molecule has 25 heavy (non-hydrogen) atoms. The molecule has 1 atom stereocenters. The number of esters is 1. The molecule has 0 aliphatic carbocycles. The van der Waals surface area contributed by atoms with Crippen LogP contribution in [0.1, 0.15) is 18.7 Å². The molecular weight excluding hydrogens is 348 g/mol. The number of hydrogen-bond donors (Lipinski definition) is 2. The van der Waals surface area contributed by atoms with Crippen LogP contribution < -0.4 is 10.6 Å². The summed E-state index contributed by atoms with van der Waals surface area (Å²) in [6.07, 6.45) is 1.48. The average molecular weight is 364 g/mol. The number of amides is 2. The molecule has 3 rings (SSSR count). The first kappa shape index (κ1) is 17.0. The highest BCUT2D eigenvalue weighted by atomic mass is 32.2. The van der Waals surface area contributed by atoms with Gasteiger partial charge in [-0.25, -0.2) is 14.3 Å². The quantitative estimate of drug-likeness (QED) is 0.569. The summed E-state index contributed by atoms with van der Waals surface area (Å²) >= 11 is 1.29. The van der Waals surface area contributed by atoms with Crippen molar-refractivity contribution in [1.29, 1.82) is 0 Å². The molecule has 1 aliphatic rings. The molecule has 0 bridgehead atoms. The number of urea groups is 1. The minimum absolute atomic E-state index is 0.217. The molecule has 0 radical (unpaired) electrons. The number of hydrogen-bond acceptors (Lipinski definition) is 8. The third-order valence-corrected chi connectivity index (χ3v) is 4.44. The van der Waals surface area contributed by atoms with Gasteiger partial charge in [-0.1, -0.05) is 11.8 Å². The molecule has 10 nitrogen and oxygen atoms in total. The Labute approximate surface area is 147 Å². The Bertz CT molecular complexity index is 800. The fourth-order valence-corrected chi connectivity index (χ4v) is 3.15. The maximum absolute atomic E-state index is 12.5. The van der Waals surface area contributed by atoms with Gasteiger partial charge in [-0.05, 0) is 29.5 Å². The zero-order valence-electron chi connectivity index (χ0n) is 13.6. The Morgan fingerprint density at radius 1 is 1.52 bits per heavy atom. The lowest BCUT2D eigenvalue weighted by molar-refractivity contribution is -0.139. The second-order valence-corrected chi connectivity index (χ2v) is 5.98. The van der Waals surface area contributed by atoms with E-state index in [0.29, 0.717) is 22.2 Å². The van der Waals surface area contributed by atoms with Crippen LogP contribution in [-0.2, 0) is 16.6 Å². The molecule has 0 aromatic carbocycles. The van der Waals surface area contributed by atoms with Gasteiger partial charge in [0.2, 0.25) is 5.16 Å². The number of tetrazole rings is 1. The van der Waals surface area contributed by atoms with Crippen LogP contribution in [0.25, 0.3) is 0 Å². The van der Waals surface area contributed by atoms with Crippen molar-refractivity contribution in [3.05, 3.63) is 35.4 Å². The van der Waals surface area contributed by atoms with Gasteiger partial charge >= 0.3 is 12.0 Å².